The standard InChI is InChI=1S/C15H23F2N5O2S.HI/c1-18-15(19-7-8-20-25(2,23)24)21-11-6-9-22(10-11)14-12(16)4-3-5-13(14)17;/h3-5,11,20H,6-10H2,1-2H3,(H2,18,19,21);1H. The lowest BCUT2D eigenvalue weighted by Crippen LogP contribution is -2.46. The number of nitrogens with one attached hydrogen (secondary N) is 3. The Morgan fingerprint density at radius 2 is 1.96 bits per heavy atom. The topological polar surface area (TPSA) is 85.8 Å². The number of sulfonamides is 1. The second-order valence-electron chi connectivity index (χ2n) is 5.81. The zero-order chi connectivity index (χ0) is 18.4. The van der Waals surface area contributed by atoms with Crippen molar-refractivity contribution < 1.29 is 17.2 Å². The smallest absolute Gasteiger partial charge is 0.208 e. The number of hydrogen-bond acceptors (Lipinski definition) is 4. The molecule has 1 aromatic carbocycles. The fourth-order valence-corrected chi connectivity index (χ4v) is 3.15. The molecule has 0 radical (unpaired) electrons. The predicted octanol–water partition coefficient (Wildman–Crippen LogP) is 0.876. The first-order valence-corrected chi connectivity index (χ1v) is 9.80. The van der Waals surface area contributed by atoms with E-state index in [1.165, 1.54) is 18.2 Å². The fraction of sp³-hybridized carbons (Fsp3) is 0.533. The van der Waals surface area contributed by atoms with E-state index in [4.69, 9.17) is 0 Å². The Bertz CT molecular complexity index is 712. The molecular formula is C15H24F2IN5O2S. The maximum atomic E-state index is 13.9. The summed E-state index contributed by atoms with van der Waals surface area (Å²) in [4.78, 5) is 5.74. The number of rotatable bonds is 6. The molecule has 0 bridgehead atoms. The molecule has 0 aromatic heterocycles. The minimum Gasteiger partial charge on any atom is -0.365 e. The third kappa shape index (κ3) is 6.83. The number of halogens is 3. The van der Waals surface area contributed by atoms with E-state index in [-0.39, 0.29) is 42.3 Å². The van der Waals surface area contributed by atoms with Crippen LogP contribution in [0.1, 0.15) is 6.42 Å². The zero-order valence-electron chi connectivity index (χ0n) is 14.6. The maximum absolute atomic E-state index is 13.9. The number of aliphatic imine (C=N–C) groups is 1. The molecule has 1 heterocycles. The third-order valence-electron chi connectivity index (χ3n) is 3.79. The number of para-hydroxylation sites is 1. The summed E-state index contributed by atoms with van der Waals surface area (Å²) in [5.74, 6) is -0.638. The lowest BCUT2D eigenvalue weighted by Gasteiger charge is -2.21. The summed E-state index contributed by atoms with van der Waals surface area (Å²) in [7, 11) is -1.63. The highest BCUT2D eigenvalue weighted by atomic mass is 127. The van der Waals surface area contributed by atoms with Gasteiger partial charge in [-0.3, -0.25) is 4.99 Å². The second kappa shape index (κ2) is 10.2. The van der Waals surface area contributed by atoms with Crippen molar-refractivity contribution in [1.29, 1.82) is 0 Å². The molecule has 1 saturated heterocycles. The molecular weight excluding hydrogens is 479 g/mol. The van der Waals surface area contributed by atoms with Gasteiger partial charge in [-0.1, -0.05) is 6.07 Å². The van der Waals surface area contributed by atoms with Crippen molar-refractivity contribution in [3.63, 3.8) is 0 Å². The van der Waals surface area contributed by atoms with Crippen molar-refractivity contribution in [3.05, 3.63) is 29.8 Å². The summed E-state index contributed by atoms with van der Waals surface area (Å²) >= 11 is 0. The molecule has 7 nitrogen and oxygen atoms in total. The van der Waals surface area contributed by atoms with Crippen molar-refractivity contribution >= 4 is 45.6 Å². The van der Waals surface area contributed by atoms with Crippen LogP contribution in [-0.4, -0.2) is 59.9 Å². The van der Waals surface area contributed by atoms with Crippen LogP contribution in [0.25, 0.3) is 0 Å². The Morgan fingerprint density at radius 1 is 1.31 bits per heavy atom. The molecule has 0 saturated carbocycles. The van der Waals surface area contributed by atoms with Crippen molar-refractivity contribution in [2.45, 2.75) is 12.5 Å². The molecule has 11 heteroatoms. The number of nitrogens with zero attached hydrogens (tertiary/aromatic N) is 2. The summed E-state index contributed by atoms with van der Waals surface area (Å²) in [5.41, 5.74) is -0.00732. The molecule has 1 atom stereocenters. The van der Waals surface area contributed by atoms with Gasteiger partial charge >= 0.3 is 0 Å². The molecule has 3 N–H and O–H groups in total. The van der Waals surface area contributed by atoms with E-state index in [2.05, 4.69) is 20.3 Å². The average Bonchev–Trinajstić information content (AvgIpc) is 2.97. The largest absolute Gasteiger partial charge is 0.365 e. The van der Waals surface area contributed by atoms with Crippen LogP contribution >= 0.6 is 24.0 Å². The summed E-state index contributed by atoms with van der Waals surface area (Å²) in [6.45, 7) is 1.57. The highest BCUT2D eigenvalue weighted by molar-refractivity contribution is 14.0. The molecule has 0 aliphatic carbocycles. The van der Waals surface area contributed by atoms with Gasteiger partial charge in [-0.25, -0.2) is 21.9 Å². The molecule has 148 valence electrons. The quantitative estimate of drug-likeness (QED) is 0.232. The van der Waals surface area contributed by atoms with Gasteiger partial charge in [-0.05, 0) is 18.6 Å². The molecule has 1 fully saturated rings. The number of anilines is 1. The molecule has 1 aromatic rings. The first-order valence-electron chi connectivity index (χ1n) is 7.91. The van der Waals surface area contributed by atoms with E-state index in [0.717, 1.165) is 6.26 Å². The van der Waals surface area contributed by atoms with Gasteiger partial charge in [0.1, 0.15) is 17.3 Å². The van der Waals surface area contributed by atoms with Crippen LogP contribution in [0.5, 0.6) is 0 Å². The SMILES string of the molecule is CN=C(NCCNS(C)(=O)=O)NC1CCN(c2c(F)cccc2F)C1.I. The fourth-order valence-electron chi connectivity index (χ4n) is 2.68. The maximum Gasteiger partial charge on any atom is 0.208 e. The Hall–Kier alpha value is -1.21. The van der Waals surface area contributed by atoms with Gasteiger partial charge in [-0.15, -0.1) is 24.0 Å². The third-order valence-corrected chi connectivity index (χ3v) is 4.52. The summed E-state index contributed by atoms with van der Waals surface area (Å²) in [5, 5.41) is 6.17. The van der Waals surface area contributed by atoms with E-state index >= 15 is 0 Å². The van der Waals surface area contributed by atoms with Crippen molar-refractivity contribution in [2.24, 2.45) is 4.99 Å². The first kappa shape index (κ1) is 22.8. The predicted molar refractivity (Wildman–Crippen MR) is 110 cm³/mol. The van der Waals surface area contributed by atoms with Crippen LogP contribution in [0, 0.1) is 11.6 Å². The normalized spacial score (nSPS) is 17.8. The Kier molecular flexibility index (Phi) is 8.96. The van der Waals surface area contributed by atoms with E-state index in [0.29, 0.717) is 32.0 Å². The first-order chi connectivity index (χ1) is 11.8. The molecule has 1 unspecified atom stereocenters. The number of hydrogen-bond donors (Lipinski definition) is 3. The molecule has 1 aliphatic heterocycles. The van der Waals surface area contributed by atoms with Crippen LogP contribution in [0.3, 0.4) is 0 Å². The molecule has 0 amide bonds. The average molecular weight is 503 g/mol. The van der Waals surface area contributed by atoms with Gasteiger partial charge in [-0.2, -0.15) is 0 Å². The van der Waals surface area contributed by atoms with Gasteiger partial charge in [0.25, 0.3) is 0 Å². The Labute approximate surface area is 169 Å². The van der Waals surface area contributed by atoms with Gasteiger partial charge in [0.15, 0.2) is 5.96 Å². The lowest BCUT2D eigenvalue weighted by atomic mass is 10.2. The van der Waals surface area contributed by atoms with Crippen LogP contribution in [0.2, 0.25) is 0 Å². The van der Waals surface area contributed by atoms with Crippen molar-refractivity contribution in [3.8, 4) is 0 Å². The van der Waals surface area contributed by atoms with E-state index in [9.17, 15) is 17.2 Å². The monoisotopic (exact) mass is 503 g/mol. The van der Waals surface area contributed by atoms with Gasteiger partial charge in [0, 0.05) is 39.3 Å². The summed E-state index contributed by atoms with van der Waals surface area (Å²) < 4.78 is 52.1. The van der Waals surface area contributed by atoms with Crippen LogP contribution in [-0.2, 0) is 10.0 Å². The van der Waals surface area contributed by atoms with Gasteiger partial charge in [0.2, 0.25) is 10.0 Å². The van der Waals surface area contributed by atoms with Crippen molar-refractivity contribution in [2.75, 3.05) is 44.4 Å². The summed E-state index contributed by atoms with van der Waals surface area (Å²) in [6, 6.07) is 3.81. The second-order valence-corrected chi connectivity index (χ2v) is 7.64. The highest BCUT2D eigenvalue weighted by Gasteiger charge is 2.27. The van der Waals surface area contributed by atoms with Gasteiger partial charge < -0.3 is 15.5 Å². The van der Waals surface area contributed by atoms with Gasteiger partial charge in [0.05, 0.1) is 6.26 Å². The van der Waals surface area contributed by atoms with E-state index in [1.807, 2.05) is 0 Å². The number of benzene rings is 1. The number of guanidine groups is 1. The minimum absolute atomic E-state index is 0. The minimum atomic E-state index is -3.23. The van der Waals surface area contributed by atoms with Crippen molar-refractivity contribution in [1.82, 2.24) is 15.4 Å². The van der Waals surface area contributed by atoms with Crippen LogP contribution < -0.4 is 20.3 Å². The molecule has 2 rings (SSSR count). The Balaban J connectivity index is 0.00000338. The molecule has 26 heavy (non-hydrogen) atoms. The van der Waals surface area contributed by atoms with Crippen LogP contribution in [0.15, 0.2) is 23.2 Å². The highest BCUT2D eigenvalue weighted by Crippen LogP contribution is 2.26. The zero-order valence-corrected chi connectivity index (χ0v) is 17.8. The molecule has 0 spiro atoms. The molecule has 1 aliphatic rings. The lowest BCUT2D eigenvalue weighted by molar-refractivity contribution is 0.575. The Morgan fingerprint density at radius 3 is 2.54 bits per heavy atom. The van der Waals surface area contributed by atoms with E-state index in [1.54, 1.807) is 11.9 Å². The van der Waals surface area contributed by atoms with E-state index < -0.39 is 21.7 Å². The summed E-state index contributed by atoms with van der Waals surface area (Å²) in [6.07, 6.45) is 1.80. The van der Waals surface area contributed by atoms with Crippen LogP contribution in [0.4, 0.5) is 14.5 Å².